The molecule has 0 radical (unpaired) electrons. The zero-order valence-corrected chi connectivity index (χ0v) is 9.55. The van der Waals surface area contributed by atoms with Crippen molar-refractivity contribution in [1.82, 2.24) is 0 Å². The van der Waals surface area contributed by atoms with Crippen LogP contribution in [0.1, 0.15) is 26.7 Å². The molecular weight excluding hydrogens is 188 g/mol. The summed E-state index contributed by atoms with van der Waals surface area (Å²) in [6.07, 6.45) is 2.33. The minimum Gasteiger partial charge on any atom is -0.492 e. The first kappa shape index (κ1) is 11.7. The van der Waals surface area contributed by atoms with Gasteiger partial charge in [-0.15, -0.1) is 0 Å². The van der Waals surface area contributed by atoms with Crippen LogP contribution >= 0.6 is 0 Å². The van der Waals surface area contributed by atoms with Gasteiger partial charge in [-0.05, 0) is 25.5 Å². The number of anilines is 2. The van der Waals surface area contributed by atoms with Gasteiger partial charge in [0.15, 0.2) is 0 Å². The van der Waals surface area contributed by atoms with Gasteiger partial charge in [-0.1, -0.05) is 19.4 Å². The lowest BCUT2D eigenvalue weighted by atomic mass is 10.2. The Hall–Kier alpha value is -1.38. The summed E-state index contributed by atoms with van der Waals surface area (Å²) in [5.41, 5.74) is 7.64. The van der Waals surface area contributed by atoms with Crippen LogP contribution in [0.3, 0.4) is 0 Å². The molecule has 0 fully saturated rings. The highest BCUT2D eigenvalue weighted by Gasteiger charge is 2.04. The molecule has 0 amide bonds. The number of nitrogens with two attached hydrogens (primary N) is 1. The molecule has 0 saturated carbocycles. The molecule has 1 aromatic rings. The van der Waals surface area contributed by atoms with Crippen molar-refractivity contribution in [3.63, 3.8) is 0 Å². The van der Waals surface area contributed by atoms with E-state index in [4.69, 9.17) is 10.5 Å². The van der Waals surface area contributed by atoms with E-state index in [0.717, 1.165) is 24.4 Å². The van der Waals surface area contributed by atoms with Gasteiger partial charge in [0.05, 0.1) is 18.0 Å². The summed E-state index contributed by atoms with van der Waals surface area (Å²) in [7, 11) is 0. The Labute approximate surface area is 91.6 Å². The Morgan fingerprint density at radius 1 is 1.33 bits per heavy atom. The first-order valence-corrected chi connectivity index (χ1v) is 5.54. The van der Waals surface area contributed by atoms with Gasteiger partial charge < -0.3 is 15.8 Å². The summed E-state index contributed by atoms with van der Waals surface area (Å²) >= 11 is 0. The quantitative estimate of drug-likeness (QED) is 0.558. The largest absolute Gasteiger partial charge is 0.492 e. The summed E-state index contributed by atoms with van der Waals surface area (Å²) in [5.74, 6) is 0.763. The molecule has 0 aliphatic carbocycles. The first-order valence-electron chi connectivity index (χ1n) is 5.54. The van der Waals surface area contributed by atoms with Gasteiger partial charge in [0.2, 0.25) is 0 Å². The van der Waals surface area contributed by atoms with Gasteiger partial charge >= 0.3 is 0 Å². The molecule has 0 aliphatic heterocycles. The highest BCUT2D eigenvalue weighted by atomic mass is 16.5. The lowest BCUT2D eigenvalue weighted by molar-refractivity contribution is 0.342. The molecule has 3 N–H and O–H groups in total. The van der Waals surface area contributed by atoms with Crippen molar-refractivity contribution in [2.24, 2.45) is 0 Å². The smallest absolute Gasteiger partial charge is 0.144 e. The van der Waals surface area contributed by atoms with E-state index in [1.54, 1.807) is 0 Å². The van der Waals surface area contributed by atoms with E-state index in [2.05, 4.69) is 12.2 Å². The Kier molecular flexibility index (Phi) is 4.81. The van der Waals surface area contributed by atoms with Gasteiger partial charge in [0.25, 0.3) is 0 Å². The van der Waals surface area contributed by atoms with Crippen LogP contribution in [0.25, 0.3) is 0 Å². The van der Waals surface area contributed by atoms with Crippen LogP contribution < -0.4 is 15.8 Å². The fourth-order valence-electron chi connectivity index (χ4n) is 1.38. The van der Waals surface area contributed by atoms with E-state index in [1.807, 2.05) is 25.1 Å². The Balaban J connectivity index is 2.66. The standard InChI is InChI=1S/C12H20N2O/c1-3-5-9-14-10-7-6-8-11(12(10)13)15-4-2/h6-8,14H,3-5,9,13H2,1-2H3. The molecule has 1 rings (SSSR count). The van der Waals surface area contributed by atoms with Crippen molar-refractivity contribution in [2.75, 3.05) is 24.2 Å². The van der Waals surface area contributed by atoms with Crippen LogP contribution in [0.4, 0.5) is 11.4 Å². The second-order valence-corrected chi connectivity index (χ2v) is 3.43. The van der Waals surface area contributed by atoms with Gasteiger partial charge in [-0.3, -0.25) is 0 Å². The van der Waals surface area contributed by atoms with Crippen LogP contribution in [-0.2, 0) is 0 Å². The van der Waals surface area contributed by atoms with Crippen LogP contribution in [0.5, 0.6) is 5.75 Å². The van der Waals surface area contributed by atoms with E-state index in [-0.39, 0.29) is 0 Å². The zero-order chi connectivity index (χ0) is 11.1. The van der Waals surface area contributed by atoms with Crippen molar-refractivity contribution in [2.45, 2.75) is 26.7 Å². The monoisotopic (exact) mass is 208 g/mol. The van der Waals surface area contributed by atoms with E-state index in [1.165, 1.54) is 6.42 Å². The number of ether oxygens (including phenoxy) is 1. The number of hydrogen-bond acceptors (Lipinski definition) is 3. The summed E-state index contributed by atoms with van der Waals surface area (Å²) in [6, 6.07) is 5.83. The predicted octanol–water partition coefficient (Wildman–Crippen LogP) is 2.88. The summed E-state index contributed by atoms with van der Waals surface area (Å²) in [6.45, 7) is 5.72. The third-order valence-electron chi connectivity index (χ3n) is 2.21. The zero-order valence-electron chi connectivity index (χ0n) is 9.55. The lowest BCUT2D eigenvalue weighted by Gasteiger charge is -2.12. The molecule has 1 aromatic carbocycles. The van der Waals surface area contributed by atoms with Gasteiger partial charge in [-0.2, -0.15) is 0 Å². The van der Waals surface area contributed by atoms with Crippen molar-refractivity contribution in [3.8, 4) is 5.75 Å². The number of unbranched alkanes of at least 4 members (excludes halogenated alkanes) is 1. The molecular formula is C12H20N2O. The average Bonchev–Trinajstić information content (AvgIpc) is 2.24. The van der Waals surface area contributed by atoms with E-state index in [0.29, 0.717) is 12.3 Å². The second-order valence-electron chi connectivity index (χ2n) is 3.43. The van der Waals surface area contributed by atoms with Crippen molar-refractivity contribution < 1.29 is 4.74 Å². The third kappa shape index (κ3) is 3.35. The SMILES string of the molecule is CCCCNc1cccc(OCC)c1N. The van der Waals surface area contributed by atoms with E-state index >= 15 is 0 Å². The number of benzene rings is 1. The summed E-state index contributed by atoms with van der Waals surface area (Å²) < 4.78 is 5.42. The normalized spacial score (nSPS) is 10.0. The van der Waals surface area contributed by atoms with Gasteiger partial charge in [-0.25, -0.2) is 0 Å². The fraction of sp³-hybridized carbons (Fsp3) is 0.500. The van der Waals surface area contributed by atoms with E-state index in [9.17, 15) is 0 Å². The number of para-hydroxylation sites is 1. The minimum absolute atomic E-state index is 0.641. The van der Waals surface area contributed by atoms with E-state index < -0.39 is 0 Å². The molecule has 0 atom stereocenters. The predicted molar refractivity (Wildman–Crippen MR) is 65.4 cm³/mol. The molecule has 0 aliphatic rings. The Morgan fingerprint density at radius 3 is 2.80 bits per heavy atom. The topological polar surface area (TPSA) is 47.3 Å². The first-order chi connectivity index (χ1) is 7.29. The molecule has 0 bridgehead atoms. The minimum atomic E-state index is 0.641. The third-order valence-corrected chi connectivity index (χ3v) is 2.21. The van der Waals surface area contributed by atoms with Crippen LogP contribution in [0.2, 0.25) is 0 Å². The Morgan fingerprint density at radius 2 is 2.13 bits per heavy atom. The average molecular weight is 208 g/mol. The van der Waals surface area contributed by atoms with Crippen LogP contribution in [0.15, 0.2) is 18.2 Å². The number of nitrogen functional groups attached to an aromatic ring is 1. The Bertz CT molecular complexity index is 300. The van der Waals surface area contributed by atoms with Gasteiger partial charge in [0, 0.05) is 6.54 Å². The second kappa shape index (κ2) is 6.17. The molecule has 0 saturated heterocycles. The maximum atomic E-state index is 5.96. The number of rotatable bonds is 6. The molecule has 0 aromatic heterocycles. The molecule has 3 nitrogen and oxygen atoms in total. The molecule has 15 heavy (non-hydrogen) atoms. The molecule has 0 spiro atoms. The number of nitrogens with one attached hydrogen (secondary N) is 1. The number of hydrogen-bond donors (Lipinski definition) is 2. The molecule has 0 heterocycles. The van der Waals surface area contributed by atoms with Gasteiger partial charge in [0.1, 0.15) is 5.75 Å². The summed E-state index contributed by atoms with van der Waals surface area (Å²) in [4.78, 5) is 0. The van der Waals surface area contributed by atoms with Crippen molar-refractivity contribution >= 4 is 11.4 Å². The highest BCUT2D eigenvalue weighted by molar-refractivity contribution is 5.72. The van der Waals surface area contributed by atoms with Crippen molar-refractivity contribution in [1.29, 1.82) is 0 Å². The molecule has 84 valence electrons. The van der Waals surface area contributed by atoms with Crippen LogP contribution in [-0.4, -0.2) is 13.2 Å². The summed E-state index contributed by atoms with van der Waals surface area (Å²) in [5, 5.41) is 3.31. The maximum absolute atomic E-state index is 5.96. The fourth-order valence-corrected chi connectivity index (χ4v) is 1.38. The molecule has 3 heteroatoms. The lowest BCUT2D eigenvalue weighted by Crippen LogP contribution is -2.05. The van der Waals surface area contributed by atoms with Crippen LogP contribution in [0, 0.1) is 0 Å². The highest BCUT2D eigenvalue weighted by Crippen LogP contribution is 2.29. The molecule has 0 unspecified atom stereocenters. The van der Waals surface area contributed by atoms with Crippen molar-refractivity contribution in [3.05, 3.63) is 18.2 Å². The maximum Gasteiger partial charge on any atom is 0.144 e.